The Labute approximate surface area is 155 Å². The third-order valence-corrected chi connectivity index (χ3v) is 4.78. The van der Waals surface area contributed by atoms with Crippen LogP contribution in [0.25, 0.3) is 0 Å². The van der Waals surface area contributed by atoms with Gasteiger partial charge in [-0.05, 0) is 36.8 Å². The molecule has 1 heterocycles. The van der Waals surface area contributed by atoms with Gasteiger partial charge in [-0.25, -0.2) is 8.78 Å². The van der Waals surface area contributed by atoms with Crippen molar-refractivity contribution in [2.45, 2.75) is 46.1 Å². The third-order valence-electron chi connectivity index (χ3n) is 4.78. The van der Waals surface area contributed by atoms with Crippen molar-refractivity contribution in [1.82, 2.24) is 10.6 Å². The number of nitrogens with zero attached hydrogens (tertiary/aromatic N) is 1. The molecular weight excluding hydrogens is 336 g/mol. The summed E-state index contributed by atoms with van der Waals surface area (Å²) in [4.78, 5) is 4.20. The summed E-state index contributed by atoms with van der Waals surface area (Å²) in [6.45, 7) is 8.58. The second-order valence-corrected chi connectivity index (χ2v) is 7.89. The van der Waals surface area contributed by atoms with Crippen molar-refractivity contribution in [3.63, 3.8) is 0 Å². The van der Waals surface area contributed by atoms with Gasteiger partial charge in [0.25, 0.3) is 0 Å². The Morgan fingerprint density at radius 2 is 1.92 bits per heavy atom. The van der Waals surface area contributed by atoms with E-state index in [-0.39, 0.29) is 23.5 Å². The van der Waals surface area contributed by atoms with Crippen LogP contribution >= 0.6 is 0 Å². The highest BCUT2D eigenvalue weighted by Gasteiger charge is 2.35. The molecule has 0 amide bonds. The summed E-state index contributed by atoms with van der Waals surface area (Å²) in [5.41, 5.74) is 0.190. The van der Waals surface area contributed by atoms with Crippen LogP contribution in [0.2, 0.25) is 0 Å². The maximum atomic E-state index is 13.7. The van der Waals surface area contributed by atoms with Gasteiger partial charge >= 0.3 is 0 Å². The number of ether oxygens (including phenoxy) is 1. The van der Waals surface area contributed by atoms with Gasteiger partial charge in [0.2, 0.25) is 0 Å². The monoisotopic (exact) mass is 367 g/mol. The zero-order valence-corrected chi connectivity index (χ0v) is 16.2. The van der Waals surface area contributed by atoms with Crippen LogP contribution in [0, 0.1) is 23.0 Å². The lowest BCUT2D eigenvalue weighted by Crippen LogP contribution is -2.47. The van der Waals surface area contributed by atoms with Crippen molar-refractivity contribution < 1.29 is 13.5 Å². The van der Waals surface area contributed by atoms with Crippen molar-refractivity contribution in [3.8, 4) is 0 Å². The Morgan fingerprint density at radius 3 is 2.54 bits per heavy atom. The molecule has 0 saturated carbocycles. The van der Waals surface area contributed by atoms with Gasteiger partial charge < -0.3 is 15.4 Å². The van der Waals surface area contributed by atoms with Gasteiger partial charge in [0.1, 0.15) is 11.6 Å². The average Bonchev–Trinajstić information content (AvgIpc) is 2.59. The van der Waals surface area contributed by atoms with Gasteiger partial charge in [-0.1, -0.05) is 26.8 Å². The van der Waals surface area contributed by atoms with E-state index in [4.69, 9.17) is 4.74 Å². The van der Waals surface area contributed by atoms with E-state index in [1.54, 1.807) is 7.05 Å². The van der Waals surface area contributed by atoms with Gasteiger partial charge in [0.05, 0.1) is 6.10 Å². The highest BCUT2D eigenvalue weighted by Crippen LogP contribution is 2.33. The minimum atomic E-state index is -0.512. The number of hydrogen-bond donors (Lipinski definition) is 2. The van der Waals surface area contributed by atoms with Crippen molar-refractivity contribution in [2.24, 2.45) is 16.3 Å². The van der Waals surface area contributed by atoms with E-state index < -0.39 is 11.6 Å². The fraction of sp³-hybridized carbons (Fsp3) is 0.650. The number of aliphatic imine (C=N–C) groups is 1. The molecule has 2 atom stereocenters. The molecular formula is C20H31F2N3O. The maximum Gasteiger partial charge on any atom is 0.190 e. The Bertz CT molecular complexity index is 593. The van der Waals surface area contributed by atoms with Crippen molar-refractivity contribution >= 4 is 5.96 Å². The normalized spacial score (nSPS) is 21.5. The first-order chi connectivity index (χ1) is 12.3. The largest absolute Gasteiger partial charge is 0.377 e. The molecule has 0 radical (unpaired) electrons. The molecule has 2 unspecified atom stereocenters. The highest BCUT2D eigenvalue weighted by atomic mass is 19.1. The molecule has 26 heavy (non-hydrogen) atoms. The van der Waals surface area contributed by atoms with Crippen molar-refractivity contribution in [3.05, 3.63) is 35.4 Å². The van der Waals surface area contributed by atoms with Gasteiger partial charge in [-0.2, -0.15) is 0 Å². The number of rotatable bonds is 5. The van der Waals surface area contributed by atoms with Crippen LogP contribution in [-0.4, -0.2) is 38.8 Å². The number of hydrogen-bond acceptors (Lipinski definition) is 2. The van der Waals surface area contributed by atoms with Crippen molar-refractivity contribution in [2.75, 3.05) is 26.7 Å². The molecule has 1 aliphatic rings. The standard InChI is InChI=1S/C20H31F2N3O/c1-20(2,3)18-14(7-6-12-26-18)13-25-19(23-4)24-11-10-15-16(21)8-5-9-17(15)22/h5,8-9,14,18H,6-7,10-13H2,1-4H3,(H2,23,24,25). The van der Waals surface area contributed by atoms with Gasteiger partial charge in [-0.3, -0.25) is 4.99 Å². The second kappa shape index (κ2) is 9.31. The quantitative estimate of drug-likeness (QED) is 0.618. The van der Waals surface area contributed by atoms with E-state index >= 15 is 0 Å². The average molecular weight is 367 g/mol. The van der Waals surface area contributed by atoms with Crippen LogP contribution in [0.5, 0.6) is 0 Å². The lowest BCUT2D eigenvalue weighted by molar-refractivity contribution is -0.0835. The number of guanidine groups is 1. The van der Waals surface area contributed by atoms with Crippen molar-refractivity contribution in [1.29, 1.82) is 0 Å². The van der Waals surface area contributed by atoms with Crippen LogP contribution < -0.4 is 10.6 Å². The molecule has 4 nitrogen and oxygen atoms in total. The molecule has 6 heteroatoms. The third kappa shape index (κ3) is 5.66. The van der Waals surface area contributed by atoms with E-state index in [0.717, 1.165) is 26.0 Å². The predicted molar refractivity (Wildman–Crippen MR) is 101 cm³/mol. The zero-order valence-electron chi connectivity index (χ0n) is 16.2. The Kier molecular flexibility index (Phi) is 7.38. The van der Waals surface area contributed by atoms with Gasteiger partial charge in [0, 0.05) is 38.2 Å². The Morgan fingerprint density at radius 1 is 1.23 bits per heavy atom. The summed E-state index contributed by atoms with van der Waals surface area (Å²) in [6.07, 6.45) is 2.65. The molecule has 1 fully saturated rings. The molecule has 0 aromatic heterocycles. The Balaban J connectivity index is 1.84. The van der Waals surface area contributed by atoms with E-state index in [2.05, 4.69) is 36.4 Å². The minimum Gasteiger partial charge on any atom is -0.377 e. The topological polar surface area (TPSA) is 45.7 Å². The summed E-state index contributed by atoms with van der Waals surface area (Å²) >= 11 is 0. The molecule has 146 valence electrons. The molecule has 0 bridgehead atoms. The summed E-state index contributed by atoms with van der Waals surface area (Å²) < 4.78 is 33.4. The molecule has 2 N–H and O–H groups in total. The summed E-state index contributed by atoms with van der Waals surface area (Å²) in [7, 11) is 1.69. The van der Waals surface area contributed by atoms with Crippen LogP contribution in [0.15, 0.2) is 23.2 Å². The first-order valence-corrected chi connectivity index (χ1v) is 9.32. The molecule has 1 aromatic rings. The number of nitrogens with one attached hydrogen (secondary N) is 2. The SMILES string of the molecule is CN=C(NCCc1c(F)cccc1F)NCC1CCCOC1C(C)(C)C. The van der Waals surface area contributed by atoms with Crippen LogP contribution in [-0.2, 0) is 11.2 Å². The molecule has 2 rings (SSSR count). The fourth-order valence-electron chi connectivity index (χ4n) is 3.53. The van der Waals surface area contributed by atoms with E-state index in [1.807, 2.05) is 0 Å². The van der Waals surface area contributed by atoms with Crippen LogP contribution in [0.3, 0.4) is 0 Å². The molecule has 1 aliphatic heterocycles. The first-order valence-electron chi connectivity index (χ1n) is 9.32. The first kappa shape index (κ1) is 20.6. The lowest BCUT2D eigenvalue weighted by Gasteiger charge is -2.40. The zero-order chi connectivity index (χ0) is 19.2. The van der Waals surface area contributed by atoms with Gasteiger partial charge in [0.15, 0.2) is 5.96 Å². The summed E-state index contributed by atoms with van der Waals surface area (Å²) in [5, 5.41) is 6.46. The Hall–Kier alpha value is -1.69. The minimum absolute atomic E-state index is 0.0894. The van der Waals surface area contributed by atoms with Crippen LogP contribution in [0.1, 0.15) is 39.2 Å². The van der Waals surface area contributed by atoms with E-state index in [1.165, 1.54) is 18.2 Å². The molecule has 0 aliphatic carbocycles. The smallest absolute Gasteiger partial charge is 0.190 e. The molecule has 1 saturated heterocycles. The van der Waals surface area contributed by atoms with E-state index in [9.17, 15) is 8.78 Å². The number of halogens is 2. The van der Waals surface area contributed by atoms with E-state index in [0.29, 0.717) is 18.4 Å². The summed E-state index contributed by atoms with van der Waals surface area (Å²) in [5.74, 6) is 0.0236. The lowest BCUT2D eigenvalue weighted by atomic mass is 9.78. The maximum absolute atomic E-state index is 13.7. The number of benzene rings is 1. The molecule has 1 aromatic carbocycles. The fourth-order valence-corrected chi connectivity index (χ4v) is 3.53. The second-order valence-electron chi connectivity index (χ2n) is 7.89. The predicted octanol–water partition coefficient (Wildman–Crippen LogP) is 3.51. The van der Waals surface area contributed by atoms with Crippen LogP contribution in [0.4, 0.5) is 8.78 Å². The highest BCUT2D eigenvalue weighted by molar-refractivity contribution is 5.79. The molecule has 0 spiro atoms. The summed E-state index contributed by atoms with van der Waals surface area (Å²) in [6, 6.07) is 3.93. The van der Waals surface area contributed by atoms with Gasteiger partial charge in [-0.15, -0.1) is 0 Å².